The van der Waals surface area contributed by atoms with Crippen LogP contribution in [-0.2, 0) is 0 Å². The van der Waals surface area contributed by atoms with Crippen LogP contribution in [0.25, 0.3) is 0 Å². The van der Waals surface area contributed by atoms with Gasteiger partial charge in [-0.25, -0.2) is 0 Å². The third kappa shape index (κ3) is 1.81. The van der Waals surface area contributed by atoms with Crippen molar-refractivity contribution in [1.82, 2.24) is 10.2 Å². The Morgan fingerprint density at radius 1 is 1.23 bits per heavy atom. The third-order valence-electron chi connectivity index (χ3n) is 1.53. The average Bonchev–Trinajstić information content (AvgIpc) is 2.54. The van der Waals surface area contributed by atoms with Gasteiger partial charge in [-0.3, -0.25) is 5.10 Å². The van der Waals surface area contributed by atoms with Gasteiger partial charge >= 0.3 is 0 Å². The largest absolute Gasteiger partial charge is 0.452 e. The van der Waals surface area contributed by atoms with Crippen LogP contribution >= 0.6 is 11.6 Å². The van der Waals surface area contributed by atoms with Gasteiger partial charge in [0.25, 0.3) is 0 Å². The van der Waals surface area contributed by atoms with E-state index < -0.39 is 0 Å². The molecule has 1 N–H and O–H groups in total. The highest BCUT2D eigenvalue weighted by Gasteiger charge is 2.03. The van der Waals surface area contributed by atoms with Crippen LogP contribution in [-0.4, -0.2) is 10.2 Å². The smallest absolute Gasteiger partial charge is 0.184 e. The second-order valence-electron chi connectivity index (χ2n) is 2.46. The van der Waals surface area contributed by atoms with Crippen molar-refractivity contribution in [1.29, 1.82) is 0 Å². The van der Waals surface area contributed by atoms with E-state index in [1.54, 1.807) is 0 Å². The van der Waals surface area contributed by atoms with Crippen molar-refractivity contribution >= 4 is 11.6 Å². The van der Waals surface area contributed by atoms with Crippen molar-refractivity contribution in [3.05, 3.63) is 41.7 Å². The molecule has 0 radical (unpaired) electrons. The molecule has 0 aliphatic rings. The van der Waals surface area contributed by atoms with E-state index in [0.717, 1.165) is 5.75 Å². The van der Waals surface area contributed by atoms with E-state index in [-0.39, 0.29) is 0 Å². The molecule has 0 spiro atoms. The number of benzene rings is 1. The summed E-state index contributed by atoms with van der Waals surface area (Å²) >= 11 is 5.75. The molecule has 0 saturated heterocycles. The third-order valence-corrected chi connectivity index (χ3v) is 1.80. The summed E-state index contributed by atoms with van der Waals surface area (Å²) in [7, 11) is 0. The number of hydrogen-bond acceptors (Lipinski definition) is 2. The van der Waals surface area contributed by atoms with Crippen LogP contribution < -0.4 is 4.74 Å². The minimum absolute atomic E-state index is 0.406. The summed E-state index contributed by atoms with van der Waals surface area (Å²) in [6.45, 7) is 0. The lowest BCUT2D eigenvalue weighted by Crippen LogP contribution is -1.81. The second kappa shape index (κ2) is 3.49. The quantitative estimate of drug-likeness (QED) is 0.798. The first kappa shape index (κ1) is 8.13. The molecule has 13 heavy (non-hydrogen) atoms. The molecule has 3 nitrogen and oxygen atoms in total. The number of ether oxygens (including phenoxy) is 1. The Kier molecular flexibility index (Phi) is 2.19. The maximum atomic E-state index is 5.75. The summed E-state index contributed by atoms with van der Waals surface area (Å²) in [5.74, 6) is 1.28. The second-order valence-corrected chi connectivity index (χ2v) is 2.84. The molecule has 0 amide bonds. The fraction of sp³-hybridized carbons (Fsp3) is 0. The van der Waals surface area contributed by atoms with Gasteiger partial charge in [-0.05, 0) is 12.1 Å². The molecular weight excluding hydrogens is 188 g/mol. The fourth-order valence-corrected chi connectivity index (χ4v) is 1.08. The predicted octanol–water partition coefficient (Wildman–Crippen LogP) is 2.86. The summed E-state index contributed by atoms with van der Waals surface area (Å²) in [5, 5.41) is 6.72. The molecule has 0 saturated carbocycles. The lowest BCUT2D eigenvalue weighted by atomic mass is 10.3. The summed E-state index contributed by atoms with van der Waals surface area (Å²) in [4.78, 5) is 0. The van der Waals surface area contributed by atoms with Crippen LogP contribution in [0.1, 0.15) is 0 Å². The molecule has 1 heterocycles. The molecule has 0 unspecified atom stereocenters. The highest BCUT2D eigenvalue weighted by atomic mass is 35.5. The van der Waals surface area contributed by atoms with E-state index in [2.05, 4.69) is 10.2 Å². The maximum absolute atomic E-state index is 5.75. The number of halogens is 1. The Bertz CT molecular complexity index is 386. The Hall–Kier alpha value is -1.48. The molecule has 66 valence electrons. The Morgan fingerprint density at radius 2 is 2.00 bits per heavy atom. The zero-order chi connectivity index (χ0) is 9.10. The summed E-state index contributed by atoms with van der Waals surface area (Å²) in [6.07, 6.45) is 1.54. The van der Waals surface area contributed by atoms with E-state index in [1.807, 2.05) is 30.3 Å². The molecule has 2 rings (SSSR count). The molecule has 2 aromatic rings. The van der Waals surface area contributed by atoms with E-state index in [0.29, 0.717) is 10.9 Å². The van der Waals surface area contributed by atoms with Gasteiger partial charge in [-0.15, -0.1) is 0 Å². The monoisotopic (exact) mass is 194 g/mol. The van der Waals surface area contributed by atoms with Crippen molar-refractivity contribution in [3.63, 3.8) is 0 Å². The molecular formula is C9H7ClN2O. The van der Waals surface area contributed by atoms with Crippen LogP contribution in [0.15, 0.2) is 36.5 Å². The van der Waals surface area contributed by atoms with Crippen LogP contribution in [0.2, 0.25) is 5.15 Å². The molecule has 0 atom stereocenters. The minimum atomic E-state index is 0.406. The zero-order valence-electron chi connectivity index (χ0n) is 6.70. The Labute approximate surface area is 80.3 Å². The standard InChI is InChI=1S/C9H7ClN2O/c10-9-8(6-11-12-9)13-7-4-2-1-3-5-7/h1-6H,(H,11,12). The Morgan fingerprint density at radius 3 is 2.62 bits per heavy atom. The SMILES string of the molecule is Clc1[nH]ncc1Oc1ccccc1. The van der Waals surface area contributed by atoms with Crippen LogP contribution in [0.5, 0.6) is 11.5 Å². The number of nitrogens with one attached hydrogen (secondary N) is 1. The van der Waals surface area contributed by atoms with Crippen LogP contribution in [0.4, 0.5) is 0 Å². The van der Waals surface area contributed by atoms with E-state index in [1.165, 1.54) is 6.20 Å². The molecule has 0 fully saturated rings. The first-order valence-corrected chi connectivity index (χ1v) is 4.16. The molecule has 0 aliphatic heterocycles. The maximum Gasteiger partial charge on any atom is 0.184 e. The zero-order valence-corrected chi connectivity index (χ0v) is 7.45. The molecule has 4 heteroatoms. The number of nitrogens with zero attached hydrogens (tertiary/aromatic N) is 1. The fourth-order valence-electron chi connectivity index (χ4n) is 0.946. The minimum Gasteiger partial charge on any atom is -0.452 e. The van der Waals surface area contributed by atoms with Crippen molar-refractivity contribution in [2.24, 2.45) is 0 Å². The van der Waals surface area contributed by atoms with E-state index in [9.17, 15) is 0 Å². The van der Waals surface area contributed by atoms with E-state index in [4.69, 9.17) is 16.3 Å². The normalized spacial score (nSPS) is 9.92. The molecule has 0 bridgehead atoms. The highest BCUT2D eigenvalue weighted by Crippen LogP contribution is 2.26. The first-order chi connectivity index (χ1) is 6.36. The van der Waals surface area contributed by atoms with Gasteiger partial charge in [0.1, 0.15) is 5.75 Å². The molecule has 1 aromatic carbocycles. The van der Waals surface area contributed by atoms with Gasteiger partial charge in [0, 0.05) is 0 Å². The van der Waals surface area contributed by atoms with Crippen LogP contribution in [0.3, 0.4) is 0 Å². The average molecular weight is 195 g/mol. The predicted molar refractivity (Wildman–Crippen MR) is 50.1 cm³/mol. The van der Waals surface area contributed by atoms with Gasteiger partial charge in [-0.1, -0.05) is 29.8 Å². The highest BCUT2D eigenvalue weighted by molar-refractivity contribution is 6.30. The van der Waals surface area contributed by atoms with Crippen molar-refractivity contribution in [2.75, 3.05) is 0 Å². The van der Waals surface area contributed by atoms with E-state index >= 15 is 0 Å². The van der Waals surface area contributed by atoms with Crippen molar-refractivity contribution in [3.8, 4) is 11.5 Å². The van der Waals surface area contributed by atoms with Gasteiger partial charge in [0.2, 0.25) is 0 Å². The van der Waals surface area contributed by atoms with Crippen molar-refractivity contribution in [2.45, 2.75) is 0 Å². The molecule has 0 aliphatic carbocycles. The lowest BCUT2D eigenvalue weighted by Gasteiger charge is -2.01. The summed E-state index contributed by atoms with van der Waals surface area (Å²) in [6, 6.07) is 9.41. The topological polar surface area (TPSA) is 37.9 Å². The number of para-hydroxylation sites is 1. The number of aromatic amines is 1. The van der Waals surface area contributed by atoms with Gasteiger partial charge in [0.05, 0.1) is 6.20 Å². The van der Waals surface area contributed by atoms with Crippen molar-refractivity contribution < 1.29 is 4.74 Å². The Balaban J connectivity index is 2.20. The summed E-state index contributed by atoms with van der Waals surface area (Å²) < 4.78 is 5.42. The lowest BCUT2D eigenvalue weighted by molar-refractivity contribution is 0.483. The van der Waals surface area contributed by atoms with Crippen LogP contribution in [0, 0.1) is 0 Å². The molecule has 1 aromatic heterocycles. The first-order valence-electron chi connectivity index (χ1n) is 3.78. The van der Waals surface area contributed by atoms with Gasteiger partial charge < -0.3 is 4.74 Å². The number of aromatic nitrogens is 2. The van der Waals surface area contributed by atoms with Gasteiger partial charge in [0.15, 0.2) is 10.9 Å². The summed E-state index contributed by atoms with van der Waals surface area (Å²) in [5.41, 5.74) is 0. The number of hydrogen-bond donors (Lipinski definition) is 1. The van der Waals surface area contributed by atoms with Gasteiger partial charge in [-0.2, -0.15) is 5.10 Å². The number of rotatable bonds is 2. The number of H-pyrrole nitrogens is 1.